The van der Waals surface area contributed by atoms with Gasteiger partial charge in [-0.05, 0) is 49.7 Å². The van der Waals surface area contributed by atoms with Crippen molar-refractivity contribution in [1.29, 1.82) is 0 Å². The van der Waals surface area contributed by atoms with Gasteiger partial charge in [-0.25, -0.2) is 24.1 Å². The number of carbonyl (C=O) groups excluding carboxylic acids is 1. The molecule has 0 aliphatic heterocycles. The molecule has 0 aliphatic rings. The molecule has 2 heterocycles. The van der Waals surface area contributed by atoms with Crippen molar-refractivity contribution < 1.29 is 37.0 Å². The lowest BCUT2D eigenvalue weighted by molar-refractivity contribution is -0.137. The van der Waals surface area contributed by atoms with Crippen LogP contribution in [0.15, 0.2) is 67.0 Å². The van der Waals surface area contributed by atoms with Crippen LogP contribution in [0.25, 0.3) is 11.3 Å². The summed E-state index contributed by atoms with van der Waals surface area (Å²) < 4.78 is 58.9. The number of rotatable bonds is 10. The Labute approximate surface area is 248 Å². The standard InChI is InChI=1S/C29H27F4N7O4/c1-28(2,40-27(42)43)15-44-26-23(34)35-14-22(39-26)17-5-3-16(4-6-17)12-36-24-21(11-18(13-37-24)29(31,32)33)25(41)38-20-9-7-19(30)8-10-20/h3-11,13-14,40H,12,15H2,1-2H3,(H2,34,35)(H,36,37)(H,38,41)(H,42,43). The molecule has 11 nitrogen and oxygen atoms in total. The van der Waals surface area contributed by atoms with Gasteiger partial charge in [0.25, 0.3) is 11.8 Å². The van der Waals surface area contributed by atoms with E-state index in [-0.39, 0.29) is 41.9 Å². The predicted molar refractivity (Wildman–Crippen MR) is 154 cm³/mol. The van der Waals surface area contributed by atoms with E-state index in [0.717, 1.165) is 12.1 Å². The summed E-state index contributed by atoms with van der Waals surface area (Å²) in [4.78, 5) is 36.2. The van der Waals surface area contributed by atoms with E-state index in [1.807, 2.05) is 0 Å². The summed E-state index contributed by atoms with van der Waals surface area (Å²) in [5, 5.41) is 16.6. The number of nitrogens with one attached hydrogen (secondary N) is 3. The van der Waals surface area contributed by atoms with Gasteiger partial charge in [0.2, 0.25) is 0 Å². The number of ether oxygens (including phenoxy) is 1. The highest BCUT2D eigenvalue weighted by Gasteiger charge is 2.32. The van der Waals surface area contributed by atoms with Crippen LogP contribution in [0.2, 0.25) is 0 Å². The van der Waals surface area contributed by atoms with Crippen LogP contribution in [0.1, 0.15) is 35.3 Å². The highest BCUT2D eigenvalue weighted by molar-refractivity contribution is 6.07. The largest absolute Gasteiger partial charge is 0.473 e. The molecule has 0 bridgehead atoms. The second kappa shape index (κ2) is 12.8. The molecule has 0 fully saturated rings. The molecule has 4 rings (SSSR count). The van der Waals surface area contributed by atoms with E-state index in [1.54, 1.807) is 38.1 Å². The molecular weight excluding hydrogens is 586 g/mol. The number of anilines is 3. The third-order valence-corrected chi connectivity index (χ3v) is 6.05. The Morgan fingerprint density at radius 1 is 1.00 bits per heavy atom. The van der Waals surface area contributed by atoms with Crippen LogP contribution >= 0.6 is 0 Å². The van der Waals surface area contributed by atoms with Gasteiger partial charge < -0.3 is 31.5 Å². The Kier molecular flexibility index (Phi) is 9.16. The van der Waals surface area contributed by atoms with Crippen LogP contribution in [0.5, 0.6) is 5.88 Å². The van der Waals surface area contributed by atoms with Gasteiger partial charge in [-0.2, -0.15) is 13.2 Å². The van der Waals surface area contributed by atoms with Crippen molar-refractivity contribution in [2.24, 2.45) is 0 Å². The first-order valence-corrected chi connectivity index (χ1v) is 12.9. The van der Waals surface area contributed by atoms with Crippen molar-refractivity contribution in [3.8, 4) is 17.1 Å². The zero-order valence-corrected chi connectivity index (χ0v) is 23.4. The molecule has 0 saturated carbocycles. The molecule has 0 saturated heterocycles. The number of alkyl halides is 3. The van der Waals surface area contributed by atoms with Gasteiger partial charge in [0.15, 0.2) is 5.82 Å². The summed E-state index contributed by atoms with van der Waals surface area (Å²) >= 11 is 0. The van der Waals surface area contributed by atoms with Crippen molar-refractivity contribution in [2.45, 2.75) is 32.1 Å². The summed E-state index contributed by atoms with van der Waals surface area (Å²) in [5.41, 5.74) is 5.44. The Hall–Kier alpha value is -5.47. The fourth-order valence-electron chi connectivity index (χ4n) is 3.85. The zero-order valence-electron chi connectivity index (χ0n) is 23.4. The molecule has 230 valence electrons. The first-order valence-electron chi connectivity index (χ1n) is 12.9. The molecule has 4 aromatic rings. The lowest BCUT2D eigenvalue weighted by Crippen LogP contribution is -2.47. The predicted octanol–water partition coefficient (Wildman–Crippen LogP) is 5.57. The molecular formula is C29H27F4N7O4. The zero-order chi connectivity index (χ0) is 32.1. The first kappa shape index (κ1) is 31.5. The maximum absolute atomic E-state index is 13.4. The number of nitrogen functional groups attached to an aromatic ring is 1. The van der Waals surface area contributed by atoms with Gasteiger partial charge in [0.1, 0.15) is 18.2 Å². The fraction of sp³-hybridized carbons (Fsp3) is 0.207. The summed E-state index contributed by atoms with van der Waals surface area (Å²) in [6.45, 7) is 3.29. The normalized spacial score (nSPS) is 11.5. The number of pyridine rings is 1. The van der Waals surface area contributed by atoms with Crippen LogP contribution in [0, 0.1) is 5.82 Å². The van der Waals surface area contributed by atoms with Crippen LogP contribution < -0.4 is 26.4 Å². The molecule has 2 aromatic heterocycles. The molecule has 2 amide bonds. The maximum atomic E-state index is 13.4. The van der Waals surface area contributed by atoms with E-state index >= 15 is 0 Å². The smallest absolute Gasteiger partial charge is 0.417 e. The SMILES string of the molecule is CC(C)(COc1nc(-c2ccc(CNc3ncc(C(F)(F)F)cc3C(=O)Nc3ccc(F)cc3)cc2)cnc1N)NC(=O)O. The van der Waals surface area contributed by atoms with E-state index in [0.29, 0.717) is 29.1 Å². The number of amides is 2. The number of nitrogens with zero attached hydrogens (tertiary/aromatic N) is 3. The molecule has 2 aromatic carbocycles. The average molecular weight is 614 g/mol. The second-order valence-corrected chi connectivity index (χ2v) is 10.2. The number of aromatic nitrogens is 3. The van der Waals surface area contributed by atoms with Gasteiger partial charge in [-0.15, -0.1) is 0 Å². The van der Waals surface area contributed by atoms with E-state index in [9.17, 15) is 27.2 Å². The van der Waals surface area contributed by atoms with Crippen LogP contribution in [0.3, 0.4) is 0 Å². The Bertz CT molecular complexity index is 1650. The molecule has 0 spiro atoms. The van der Waals surface area contributed by atoms with E-state index in [2.05, 4.69) is 30.9 Å². The Morgan fingerprint density at radius 2 is 1.68 bits per heavy atom. The van der Waals surface area contributed by atoms with E-state index < -0.39 is 35.1 Å². The monoisotopic (exact) mass is 613 g/mol. The summed E-state index contributed by atoms with van der Waals surface area (Å²) in [7, 11) is 0. The van der Waals surface area contributed by atoms with Crippen molar-refractivity contribution in [3.05, 3.63) is 89.5 Å². The maximum Gasteiger partial charge on any atom is 0.417 e. The molecule has 0 radical (unpaired) electrons. The highest BCUT2D eigenvalue weighted by atomic mass is 19.4. The molecule has 15 heteroatoms. The average Bonchev–Trinajstić information content (AvgIpc) is 2.96. The van der Waals surface area contributed by atoms with Gasteiger partial charge >= 0.3 is 12.3 Å². The third-order valence-electron chi connectivity index (χ3n) is 6.05. The topological polar surface area (TPSA) is 164 Å². The Morgan fingerprint density at radius 3 is 2.32 bits per heavy atom. The van der Waals surface area contributed by atoms with Crippen molar-refractivity contribution in [1.82, 2.24) is 20.3 Å². The number of halogens is 4. The van der Waals surface area contributed by atoms with Crippen molar-refractivity contribution >= 4 is 29.3 Å². The van der Waals surface area contributed by atoms with Crippen molar-refractivity contribution in [2.75, 3.05) is 23.0 Å². The number of carbonyl (C=O) groups is 2. The number of carboxylic acid groups (broad SMARTS) is 1. The van der Waals surface area contributed by atoms with Gasteiger partial charge in [-0.3, -0.25) is 4.79 Å². The summed E-state index contributed by atoms with van der Waals surface area (Å²) in [6, 6.07) is 12.3. The lowest BCUT2D eigenvalue weighted by Gasteiger charge is -2.24. The number of nitrogens with two attached hydrogens (primary N) is 1. The third kappa shape index (κ3) is 8.30. The minimum Gasteiger partial charge on any atom is -0.473 e. The highest BCUT2D eigenvalue weighted by Crippen LogP contribution is 2.31. The fourth-order valence-corrected chi connectivity index (χ4v) is 3.85. The van der Waals surface area contributed by atoms with Gasteiger partial charge in [-0.1, -0.05) is 24.3 Å². The summed E-state index contributed by atoms with van der Waals surface area (Å²) in [5.74, 6) is -1.45. The number of benzene rings is 2. The number of hydrogen-bond donors (Lipinski definition) is 5. The summed E-state index contributed by atoms with van der Waals surface area (Å²) in [6.07, 6.45) is -3.88. The minimum absolute atomic E-state index is 0.0176. The number of hydrogen-bond acceptors (Lipinski definition) is 8. The quantitative estimate of drug-likeness (QED) is 0.144. The molecule has 6 N–H and O–H groups in total. The van der Waals surface area contributed by atoms with E-state index in [1.165, 1.54) is 18.3 Å². The van der Waals surface area contributed by atoms with Crippen LogP contribution in [-0.2, 0) is 12.7 Å². The lowest BCUT2D eigenvalue weighted by atomic mass is 10.1. The molecule has 0 aliphatic carbocycles. The van der Waals surface area contributed by atoms with Crippen LogP contribution in [0.4, 0.5) is 39.7 Å². The Balaban J connectivity index is 1.48. The second-order valence-electron chi connectivity index (χ2n) is 10.2. The van der Waals surface area contributed by atoms with Crippen LogP contribution in [-0.4, -0.2) is 44.2 Å². The van der Waals surface area contributed by atoms with Gasteiger partial charge in [0, 0.05) is 24.0 Å². The molecule has 0 unspecified atom stereocenters. The minimum atomic E-state index is -4.73. The van der Waals surface area contributed by atoms with E-state index in [4.69, 9.17) is 15.6 Å². The van der Waals surface area contributed by atoms with Crippen molar-refractivity contribution in [3.63, 3.8) is 0 Å². The van der Waals surface area contributed by atoms with Gasteiger partial charge in [0.05, 0.1) is 28.6 Å². The molecule has 44 heavy (non-hydrogen) atoms. The first-order chi connectivity index (χ1) is 20.7. The molecule has 0 atom stereocenters.